The number of hydrogen-bond donors (Lipinski definition) is 0. The number of benzene rings is 2. The van der Waals surface area contributed by atoms with E-state index < -0.39 is 21.3 Å². The van der Waals surface area contributed by atoms with E-state index in [9.17, 15) is 0 Å². The zero-order chi connectivity index (χ0) is 19.9. The molecule has 164 valence electrons. The Morgan fingerprint density at radius 1 is 0.812 bits per heavy atom. The zero-order valence-corrected chi connectivity index (χ0v) is 22.2. The Balaban J connectivity index is 0.00000122. The van der Waals surface area contributed by atoms with Gasteiger partial charge in [-0.15, -0.1) is 24.8 Å². The first-order chi connectivity index (χ1) is 14.9. The second kappa shape index (κ2) is 10.2. The second-order valence-corrected chi connectivity index (χ2v) is 15.1. The van der Waals surface area contributed by atoms with Gasteiger partial charge in [-0.25, -0.2) is 0 Å². The Bertz CT molecular complexity index is 1210. The van der Waals surface area contributed by atoms with Crippen molar-refractivity contribution in [1.82, 2.24) is 0 Å². The predicted molar refractivity (Wildman–Crippen MR) is 136 cm³/mol. The van der Waals surface area contributed by atoms with Crippen LogP contribution in [0, 0.1) is 0 Å². The largest absolute Gasteiger partial charge is 0.147 e. The maximum absolute atomic E-state index is 5.47. The van der Waals surface area contributed by atoms with Crippen LogP contribution < -0.4 is 3.27 Å². The predicted octanol–water partition coefficient (Wildman–Crippen LogP) is 7.45. The molecule has 0 spiro atoms. The smallest absolute Gasteiger partial charge is 0.147 e. The molecule has 3 aromatic rings. The Morgan fingerprint density at radius 3 is 2.44 bits per heavy atom. The molecule has 0 radical (unpaired) electrons. The van der Waals surface area contributed by atoms with Crippen molar-refractivity contribution < 1.29 is 25.7 Å². The number of furan rings is 1. The third-order valence-corrected chi connectivity index (χ3v) is 15.1. The van der Waals surface area contributed by atoms with Crippen LogP contribution in [-0.4, -0.2) is 3.21 Å². The van der Waals surface area contributed by atoms with Gasteiger partial charge in [-0.2, -0.15) is 0 Å². The van der Waals surface area contributed by atoms with Crippen LogP contribution in [0.5, 0.6) is 0 Å². The summed E-state index contributed by atoms with van der Waals surface area (Å²) in [5, 5.41) is 0. The maximum Gasteiger partial charge on any atom is -0.147 e. The summed E-state index contributed by atoms with van der Waals surface area (Å²) in [6, 6.07) is 18.4. The molecule has 0 saturated heterocycles. The fourth-order valence-electron chi connectivity index (χ4n) is 5.62. The van der Waals surface area contributed by atoms with Gasteiger partial charge in [0.05, 0.1) is 0 Å². The van der Waals surface area contributed by atoms with E-state index in [1.54, 1.807) is 12.1 Å². The fourth-order valence-corrected chi connectivity index (χ4v) is 14.4. The number of rotatable bonds is 3. The molecule has 1 nitrogen and oxygen atoms in total. The summed E-state index contributed by atoms with van der Waals surface area (Å²) in [7, 11) is 0. The topological polar surface area (TPSA) is 13.1 Å². The van der Waals surface area contributed by atoms with Crippen LogP contribution in [0.2, 0.25) is 0 Å². The molecule has 32 heavy (non-hydrogen) atoms. The normalized spacial score (nSPS) is 16.3. The van der Waals surface area contributed by atoms with E-state index in [1.165, 1.54) is 59.9 Å². The number of allylic oxidation sites excluding steroid dienone is 4. The average molecular weight is 543 g/mol. The van der Waals surface area contributed by atoms with Gasteiger partial charge in [0, 0.05) is 0 Å². The molecule has 1 heterocycles. The molecular formula is C28H28Cl2OZr. The molecule has 4 heteroatoms. The number of hydrogen-bond acceptors (Lipinski definition) is 1. The van der Waals surface area contributed by atoms with Crippen molar-refractivity contribution >= 4 is 36.9 Å². The van der Waals surface area contributed by atoms with Gasteiger partial charge >= 0.3 is 187 Å². The third-order valence-electron chi connectivity index (χ3n) is 7.00. The first-order valence-electron chi connectivity index (χ1n) is 11.3. The quantitative estimate of drug-likeness (QED) is 0.262. The van der Waals surface area contributed by atoms with Crippen molar-refractivity contribution in [3.05, 3.63) is 93.2 Å². The molecule has 0 amide bonds. The van der Waals surface area contributed by atoms with E-state index in [0.717, 1.165) is 12.8 Å². The number of fused-ring (bicyclic) bond motifs is 3. The monoisotopic (exact) mass is 540 g/mol. The van der Waals surface area contributed by atoms with Crippen molar-refractivity contribution in [3.63, 3.8) is 0 Å². The van der Waals surface area contributed by atoms with Crippen molar-refractivity contribution in [2.24, 2.45) is 0 Å². The van der Waals surface area contributed by atoms with E-state index in [4.69, 9.17) is 4.42 Å². The van der Waals surface area contributed by atoms with E-state index in [2.05, 4.69) is 60.7 Å². The summed E-state index contributed by atoms with van der Waals surface area (Å²) < 4.78 is 10.9. The molecule has 1 fully saturated rings. The summed E-state index contributed by atoms with van der Waals surface area (Å²) in [6.07, 6.45) is 17.6. The Morgan fingerprint density at radius 2 is 1.62 bits per heavy atom. The van der Waals surface area contributed by atoms with Gasteiger partial charge in [0.2, 0.25) is 0 Å². The van der Waals surface area contributed by atoms with Crippen LogP contribution in [0.4, 0.5) is 0 Å². The minimum Gasteiger partial charge on any atom is -0.147 e. The molecule has 6 rings (SSSR count). The third kappa shape index (κ3) is 4.11. The van der Waals surface area contributed by atoms with Crippen LogP contribution >= 0.6 is 24.8 Å². The van der Waals surface area contributed by atoms with Crippen LogP contribution in [-0.2, 0) is 27.7 Å². The molecule has 1 aromatic heterocycles. The van der Waals surface area contributed by atoms with Gasteiger partial charge in [-0.1, -0.05) is 0 Å². The molecule has 0 N–H and O–H groups in total. The van der Waals surface area contributed by atoms with Gasteiger partial charge in [-0.05, 0) is 0 Å². The summed E-state index contributed by atoms with van der Waals surface area (Å²) in [5.74, 6) is 0. The fraction of sp³-hybridized carbons (Fsp3) is 0.250. The summed E-state index contributed by atoms with van der Waals surface area (Å²) in [6.45, 7) is 0. The van der Waals surface area contributed by atoms with Gasteiger partial charge in [0.15, 0.2) is 0 Å². The van der Waals surface area contributed by atoms with Gasteiger partial charge < -0.3 is 0 Å². The SMILES string of the molecule is C1=CC(c2ccoc2)=[C]([Zr](=[C]2CCCCC2)[c]2cccc3c2Cc2ccccc2-3)C1.Cl.Cl. The molecule has 1 saturated carbocycles. The van der Waals surface area contributed by atoms with Crippen molar-refractivity contribution in [2.45, 2.75) is 44.9 Å². The first kappa shape index (κ1) is 23.7. The molecule has 0 atom stereocenters. The minimum absolute atomic E-state index is 0. The van der Waals surface area contributed by atoms with E-state index in [1.807, 2.05) is 15.7 Å². The maximum atomic E-state index is 5.47. The molecule has 0 unspecified atom stereocenters. The molecule has 3 aliphatic rings. The van der Waals surface area contributed by atoms with Gasteiger partial charge in [-0.3, -0.25) is 0 Å². The van der Waals surface area contributed by atoms with E-state index in [-0.39, 0.29) is 24.8 Å². The van der Waals surface area contributed by atoms with Crippen LogP contribution in [0.15, 0.2) is 80.9 Å². The second-order valence-electron chi connectivity index (χ2n) is 8.72. The summed E-state index contributed by atoms with van der Waals surface area (Å²) in [5.41, 5.74) is 8.82. The van der Waals surface area contributed by atoms with Gasteiger partial charge in [0.25, 0.3) is 0 Å². The molecule has 0 aliphatic heterocycles. The standard InChI is InChI=1S/C13H9.C9H7O.C6H10.2ClH.Zr/c1-3-7-12-10(5-1)9-11-6-2-4-8-13(11)12;1-2-4-8(3-1)9-5-6-10-7-9;1-2-4-6-5-3-1;;;/h1-5,7-8H,9H2;1,3,5-7H,2H2;1-5H2;2*1H;. The van der Waals surface area contributed by atoms with Crippen molar-refractivity contribution in [1.29, 1.82) is 0 Å². The molecular weight excluding hydrogens is 514 g/mol. The van der Waals surface area contributed by atoms with E-state index in [0.29, 0.717) is 0 Å². The van der Waals surface area contributed by atoms with Crippen LogP contribution in [0.1, 0.15) is 55.2 Å². The first-order valence-corrected chi connectivity index (χ1v) is 14.9. The number of halogens is 2. The summed E-state index contributed by atoms with van der Waals surface area (Å²) in [4.78, 5) is 0. The molecule has 0 bridgehead atoms. The minimum atomic E-state index is -2.18. The van der Waals surface area contributed by atoms with Crippen LogP contribution in [0.25, 0.3) is 16.7 Å². The Labute approximate surface area is 210 Å². The molecule has 3 aliphatic carbocycles. The van der Waals surface area contributed by atoms with Crippen LogP contribution in [0.3, 0.4) is 0 Å². The van der Waals surface area contributed by atoms with Crippen molar-refractivity contribution in [2.75, 3.05) is 0 Å². The average Bonchev–Trinajstić information content (AvgIpc) is 3.54. The van der Waals surface area contributed by atoms with Gasteiger partial charge in [0.1, 0.15) is 0 Å². The molecule has 2 aromatic carbocycles. The summed E-state index contributed by atoms with van der Waals surface area (Å²) >= 11 is -2.18. The Kier molecular flexibility index (Phi) is 7.55. The van der Waals surface area contributed by atoms with E-state index >= 15 is 0 Å². The Hall–Kier alpha value is -1.47. The zero-order valence-electron chi connectivity index (χ0n) is 18.1. The van der Waals surface area contributed by atoms with Crippen molar-refractivity contribution in [3.8, 4) is 11.1 Å².